The Hall–Kier alpha value is -2.89. The third-order valence-corrected chi connectivity index (χ3v) is 5.37. The molecular formula is C24H31N3O3. The molecule has 0 radical (unpaired) electrons. The predicted molar refractivity (Wildman–Crippen MR) is 117 cm³/mol. The van der Waals surface area contributed by atoms with Crippen molar-refractivity contribution in [2.75, 3.05) is 19.7 Å². The van der Waals surface area contributed by atoms with E-state index in [0.29, 0.717) is 18.8 Å². The largest absolute Gasteiger partial charge is 0.483 e. The summed E-state index contributed by atoms with van der Waals surface area (Å²) < 4.78 is 5.91. The Morgan fingerprint density at radius 1 is 1.17 bits per heavy atom. The minimum atomic E-state index is -0.169. The molecule has 6 nitrogen and oxygen atoms in total. The zero-order chi connectivity index (χ0) is 21.7. The lowest BCUT2D eigenvalue weighted by Gasteiger charge is -2.32. The molecule has 0 spiro atoms. The first-order valence-electron chi connectivity index (χ1n) is 10.5. The van der Waals surface area contributed by atoms with Crippen molar-refractivity contribution in [3.05, 3.63) is 59.4 Å². The van der Waals surface area contributed by atoms with Gasteiger partial charge < -0.3 is 15.0 Å². The Morgan fingerprint density at radius 2 is 1.90 bits per heavy atom. The molecular weight excluding hydrogens is 378 g/mol. The number of benzene rings is 1. The van der Waals surface area contributed by atoms with Gasteiger partial charge in [0.2, 0.25) is 0 Å². The van der Waals surface area contributed by atoms with Crippen LogP contribution in [0.3, 0.4) is 0 Å². The zero-order valence-corrected chi connectivity index (χ0v) is 18.3. The number of carbonyl (C=O) groups excluding carboxylic acids is 2. The minimum absolute atomic E-state index is 0.0232. The lowest BCUT2D eigenvalue weighted by Crippen LogP contribution is -2.47. The summed E-state index contributed by atoms with van der Waals surface area (Å²) in [5, 5.41) is 3.01. The summed E-state index contributed by atoms with van der Waals surface area (Å²) in [6.07, 6.45) is 3.06. The Balaban J connectivity index is 1.50. The number of likely N-dealkylation sites (tertiary alicyclic amines) is 1. The maximum Gasteiger partial charge on any atom is 0.270 e. The topological polar surface area (TPSA) is 71.5 Å². The number of carbonyl (C=O) groups is 2. The standard InChI is InChI=1S/C24H31N3O3/c1-17-8-9-21(19(15-17)24(2,3)4)30-16-22(28)27-13-10-18(11-14-27)26-23(29)20-7-5-6-12-25-20/h5-9,12,15,18H,10-11,13-14,16H2,1-4H3,(H,26,29). The number of rotatable bonds is 5. The zero-order valence-electron chi connectivity index (χ0n) is 18.3. The van der Waals surface area contributed by atoms with Crippen molar-refractivity contribution in [1.29, 1.82) is 0 Å². The van der Waals surface area contributed by atoms with Gasteiger partial charge in [0.05, 0.1) is 0 Å². The maximum absolute atomic E-state index is 12.7. The molecule has 0 aliphatic carbocycles. The number of ether oxygens (including phenoxy) is 1. The normalized spacial score (nSPS) is 15.0. The minimum Gasteiger partial charge on any atom is -0.483 e. The molecule has 2 amide bonds. The number of amides is 2. The van der Waals surface area contributed by atoms with Crippen molar-refractivity contribution < 1.29 is 14.3 Å². The van der Waals surface area contributed by atoms with Crippen LogP contribution >= 0.6 is 0 Å². The van der Waals surface area contributed by atoms with Gasteiger partial charge in [-0.3, -0.25) is 14.6 Å². The van der Waals surface area contributed by atoms with Crippen LogP contribution in [0.1, 0.15) is 55.2 Å². The number of nitrogens with zero attached hydrogens (tertiary/aromatic N) is 2. The Bertz CT molecular complexity index is 882. The highest BCUT2D eigenvalue weighted by atomic mass is 16.5. The van der Waals surface area contributed by atoms with Crippen LogP contribution in [-0.2, 0) is 10.2 Å². The summed E-state index contributed by atoms with van der Waals surface area (Å²) in [7, 11) is 0. The van der Waals surface area contributed by atoms with Crippen LogP contribution in [0.5, 0.6) is 5.75 Å². The lowest BCUT2D eigenvalue weighted by atomic mass is 9.85. The number of hydrogen-bond acceptors (Lipinski definition) is 4. The fourth-order valence-electron chi connectivity index (χ4n) is 3.62. The van der Waals surface area contributed by atoms with E-state index in [1.54, 1.807) is 24.4 Å². The van der Waals surface area contributed by atoms with Crippen LogP contribution < -0.4 is 10.1 Å². The molecule has 1 aliphatic rings. The van der Waals surface area contributed by atoms with Gasteiger partial charge in [-0.25, -0.2) is 0 Å². The van der Waals surface area contributed by atoms with Gasteiger partial charge in [-0.2, -0.15) is 0 Å². The van der Waals surface area contributed by atoms with E-state index >= 15 is 0 Å². The van der Waals surface area contributed by atoms with Crippen molar-refractivity contribution in [2.45, 2.75) is 52.0 Å². The average Bonchev–Trinajstić information content (AvgIpc) is 2.73. The molecule has 160 valence electrons. The van der Waals surface area contributed by atoms with E-state index in [9.17, 15) is 9.59 Å². The smallest absolute Gasteiger partial charge is 0.270 e. The quantitative estimate of drug-likeness (QED) is 0.821. The summed E-state index contributed by atoms with van der Waals surface area (Å²) in [5.41, 5.74) is 2.63. The molecule has 3 rings (SSSR count). The van der Waals surface area contributed by atoms with Gasteiger partial charge in [-0.15, -0.1) is 0 Å². The maximum atomic E-state index is 12.7. The molecule has 1 aromatic heterocycles. The second-order valence-electron chi connectivity index (χ2n) is 8.88. The van der Waals surface area contributed by atoms with E-state index in [1.807, 2.05) is 17.0 Å². The van der Waals surface area contributed by atoms with Gasteiger partial charge in [0.15, 0.2) is 6.61 Å². The fourth-order valence-corrected chi connectivity index (χ4v) is 3.62. The van der Waals surface area contributed by atoms with Crippen molar-refractivity contribution in [1.82, 2.24) is 15.2 Å². The van der Waals surface area contributed by atoms with E-state index in [0.717, 1.165) is 24.2 Å². The third-order valence-electron chi connectivity index (χ3n) is 5.37. The molecule has 1 N–H and O–H groups in total. The predicted octanol–water partition coefficient (Wildman–Crippen LogP) is 3.49. The SMILES string of the molecule is Cc1ccc(OCC(=O)N2CCC(NC(=O)c3ccccn3)CC2)c(C(C)(C)C)c1. The first kappa shape index (κ1) is 21.8. The Labute approximate surface area is 178 Å². The van der Waals surface area contributed by atoms with Gasteiger partial charge in [0.1, 0.15) is 11.4 Å². The van der Waals surface area contributed by atoms with E-state index in [2.05, 4.69) is 44.1 Å². The average molecular weight is 410 g/mol. The van der Waals surface area contributed by atoms with E-state index in [4.69, 9.17) is 4.74 Å². The molecule has 6 heteroatoms. The molecule has 1 fully saturated rings. The molecule has 1 aromatic carbocycles. The lowest BCUT2D eigenvalue weighted by molar-refractivity contribution is -0.134. The first-order valence-corrected chi connectivity index (χ1v) is 10.5. The second kappa shape index (κ2) is 9.28. The van der Waals surface area contributed by atoms with Crippen LogP contribution in [0.25, 0.3) is 0 Å². The summed E-state index contributed by atoms with van der Waals surface area (Å²) >= 11 is 0. The Morgan fingerprint density at radius 3 is 2.53 bits per heavy atom. The third kappa shape index (κ3) is 5.59. The summed E-state index contributed by atoms with van der Waals surface area (Å²) in [6, 6.07) is 11.4. The molecule has 0 saturated carbocycles. The highest BCUT2D eigenvalue weighted by Crippen LogP contribution is 2.32. The van der Waals surface area contributed by atoms with Crippen LogP contribution in [0.4, 0.5) is 0 Å². The second-order valence-corrected chi connectivity index (χ2v) is 8.88. The van der Waals surface area contributed by atoms with E-state index in [-0.39, 0.29) is 29.9 Å². The highest BCUT2D eigenvalue weighted by molar-refractivity contribution is 5.92. The molecule has 2 heterocycles. The summed E-state index contributed by atoms with van der Waals surface area (Å²) in [4.78, 5) is 30.8. The summed E-state index contributed by atoms with van der Waals surface area (Å²) in [6.45, 7) is 9.71. The molecule has 30 heavy (non-hydrogen) atoms. The molecule has 0 bridgehead atoms. The molecule has 0 atom stereocenters. The van der Waals surface area contributed by atoms with Gasteiger partial charge in [0, 0.05) is 25.3 Å². The number of nitrogens with one attached hydrogen (secondary N) is 1. The van der Waals surface area contributed by atoms with Crippen molar-refractivity contribution >= 4 is 11.8 Å². The van der Waals surface area contributed by atoms with Gasteiger partial charge in [-0.05, 0) is 48.9 Å². The van der Waals surface area contributed by atoms with Crippen molar-refractivity contribution in [2.24, 2.45) is 0 Å². The molecule has 1 aliphatic heterocycles. The number of hydrogen-bond donors (Lipinski definition) is 1. The van der Waals surface area contributed by atoms with E-state index in [1.165, 1.54) is 5.56 Å². The van der Waals surface area contributed by atoms with Crippen LogP contribution in [0.2, 0.25) is 0 Å². The number of pyridine rings is 1. The van der Waals surface area contributed by atoms with Gasteiger partial charge in [-0.1, -0.05) is 44.5 Å². The molecule has 1 saturated heterocycles. The van der Waals surface area contributed by atoms with Crippen LogP contribution in [0.15, 0.2) is 42.6 Å². The van der Waals surface area contributed by atoms with Crippen molar-refractivity contribution in [3.63, 3.8) is 0 Å². The number of aryl methyl sites for hydroxylation is 1. The molecule has 0 unspecified atom stereocenters. The van der Waals surface area contributed by atoms with Crippen LogP contribution in [0, 0.1) is 6.92 Å². The molecule has 2 aromatic rings. The number of aromatic nitrogens is 1. The first-order chi connectivity index (χ1) is 14.2. The highest BCUT2D eigenvalue weighted by Gasteiger charge is 2.25. The Kier molecular flexibility index (Phi) is 6.75. The monoisotopic (exact) mass is 409 g/mol. The van der Waals surface area contributed by atoms with E-state index < -0.39 is 0 Å². The summed E-state index contributed by atoms with van der Waals surface area (Å²) in [5.74, 6) is 0.571. The van der Waals surface area contributed by atoms with Crippen LogP contribution in [-0.4, -0.2) is 47.4 Å². The number of piperidine rings is 1. The van der Waals surface area contributed by atoms with Gasteiger partial charge >= 0.3 is 0 Å². The van der Waals surface area contributed by atoms with Crippen molar-refractivity contribution in [3.8, 4) is 5.75 Å². The fraction of sp³-hybridized carbons (Fsp3) is 0.458. The van der Waals surface area contributed by atoms with Gasteiger partial charge in [0.25, 0.3) is 11.8 Å².